The van der Waals surface area contributed by atoms with Crippen molar-refractivity contribution in [1.29, 1.82) is 0 Å². The summed E-state index contributed by atoms with van der Waals surface area (Å²) in [6.45, 7) is 2.61. The molecule has 0 spiro atoms. The molecule has 1 atom stereocenters. The normalized spacial score (nSPS) is 27.7. The maximum Gasteiger partial charge on any atom is -0.0167 e. The highest BCUT2D eigenvalue weighted by Crippen LogP contribution is 2.65. The SMILES string of the molecule is CCC(CP(C1CCCCC1)C1CCCCC1)P(C1CCCCC1)C1CCCCC1. The van der Waals surface area contributed by atoms with Gasteiger partial charge in [-0.15, -0.1) is 0 Å². The monoisotopic (exact) mass is 450 g/mol. The van der Waals surface area contributed by atoms with Crippen molar-refractivity contribution in [2.24, 2.45) is 0 Å². The summed E-state index contributed by atoms with van der Waals surface area (Å²) in [5.41, 5.74) is 5.80. The van der Waals surface area contributed by atoms with Crippen molar-refractivity contribution in [2.75, 3.05) is 6.16 Å². The molecule has 0 aromatic rings. The fourth-order valence-electron chi connectivity index (χ4n) is 7.75. The van der Waals surface area contributed by atoms with Gasteiger partial charge in [0.1, 0.15) is 0 Å². The smallest absolute Gasteiger partial charge is 0.0167 e. The van der Waals surface area contributed by atoms with Gasteiger partial charge in [0, 0.05) is 0 Å². The third-order valence-electron chi connectivity index (χ3n) is 9.39. The second-order valence-corrected chi connectivity index (χ2v) is 17.3. The van der Waals surface area contributed by atoms with Crippen LogP contribution in [0.25, 0.3) is 0 Å². The van der Waals surface area contributed by atoms with E-state index in [1.165, 1.54) is 30.6 Å². The Balaban J connectivity index is 1.51. The quantitative estimate of drug-likeness (QED) is 0.323. The minimum atomic E-state index is 0.281. The Morgan fingerprint density at radius 2 is 0.833 bits per heavy atom. The first-order valence-corrected chi connectivity index (χ1v) is 17.6. The molecule has 0 heterocycles. The van der Waals surface area contributed by atoms with Crippen LogP contribution in [0.3, 0.4) is 0 Å². The minimum Gasteiger partial charge on any atom is -0.0997 e. The van der Waals surface area contributed by atoms with E-state index in [1.807, 2.05) is 0 Å². The lowest BCUT2D eigenvalue weighted by Crippen LogP contribution is -2.31. The lowest BCUT2D eigenvalue weighted by Gasteiger charge is -2.46. The molecule has 0 aromatic heterocycles. The molecule has 30 heavy (non-hydrogen) atoms. The average Bonchev–Trinajstić information content (AvgIpc) is 2.84. The second-order valence-electron chi connectivity index (χ2n) is 11.4. The Morgan fingerprint density at radius 3 is 1.17 bits per heavy atom. The van der Waals surface area contributed by atoms with Gasteiger partial charge in [-0.2, -0.15) is 0 Å². The maximum absolute atomic E-state index is 2.61. The van der Waals surface area contributed by atoms with E-state index in [9.17, 15) is 0 Å². The van der Waals surface area contributed by atoms with Gasteiger partial charge in [0.25, 0.3) is 0 Å². The van der Waals surface area contributed by atoms with E-state index < -0.39 is 0 Å². The van der Waals surface area contributed by atoms with Crippen LogP contribution in [0.4, 0.5) is 0 Å². The van der Waals surface area contributed by atoms with Crippen molar-refractivity contribution in [3.8, 4) is 0 Å². The van der Waals surface area contributed by atoms with Crippen molar-refractivity contribution < 1.29 is 0 Å². The lowest BCUT2D eigenvalue weighted by molar-refractivity contribution is 0.478. The lowest BCUT2D eigenvalue weighted by atomic mass is 9.99. The Labute approximate surface area is 192 Å². The van der Waals surface area contributed by atoms with Gasteiger partial charge < -0.3 is 0 Å². The van der Waals surface area contributed by atoms with Crippen LogP contribution < -0.4 is 0 Å². The fraction of sp³-hybridized carbons (Fsp3) is 1.00. The summed E-state index contributed by atoms with van der Waals surface area (Å²) >= 11 is 0. The van der Waals surface area contributed by atoms with E-state index in [-0.39, 0.29) is 7.92 Å². The highest BCUT2D eigenvalue weighted by molar-refractivity contribution is 7.63. The highest BCUT2D eigenvalue weighted by atomic mass is 31.1. The zero-order chi connectivity index (χ0) is 20.6. The van der Waals surface area contributed by atoms with E-state index in [0.717, 1.165) is 17.0 Å². The van der Waals surface area contributed by atoms with Gasteiger partial charge in [-0.05, 0) is 92.2 Å². The molecule has 4 aliphatic rings. The van der Waals surface area contributed by atoms with Crippen LogP contribution in [-0.2, 0) is 0 Å². The maximum atomic E-state index is 2.61. The zero-order valence-corrected chi connectivity index (χ0v) is 22.1. The van der Waals surface area contributed by atoms with E-state index >= 15 is 0 Å². The van der Waals surface area contributed by atoms with Crippen molar-refractivity contribution in [3.63, 3.8) is 0 Å². The molecule has 4 rings (SSSR count). The molecule has 4 saturated carbocycles. The number of rotatable bonds is 8. The van der Waals surface area contributed by atoms with Crippen LogP contribution >= 0.6 is 15.8 Å². The number of hydrogen-bond donors (Lipinski definition) is 0. The van der Waals surface area contributed by atoms with Gasteiger partial charge in [-0.3, -0.25) is 0 Å². The van der Waals surface area contributed by atoms with Crippen molar-refractivity contribution in [2.45, 2.75) is 170 Å². The molecule has 0 bridgehead atoms. The van der Waals surface area contributed by atoms with Crippen molar-refractivity contribution >= 4 is 15.8 Å². The van der Waals surface area contributed by atoms with E-state index in [0.29, 0.717) is 7.92 Å². The van der Waals surface area contributed by atoms with E-state index in [1.54, 1.807) is 122 Å². The molecule has 1 unspecified atom stereocenters. The van der Waals surface area contributed by atoms with Crippen molar-refractivity contribution in [3.05, 3.63) is 0 Å². The first-order valence-electron chi connectivity index (χ1n) is 14.4. The molecule has 0 nitrogen and oxygen atoms in total. The summed E-state index contributed by atoms with van der Waals surface area (Å²) in [6.07, 6.45) is 34.8. The molecule has 4 aliphatic carbocycles. The summed E-state index contributed by atoms with van der Waals surface area (Å²) in [5.74, 6) is 0. The largest absolute Gasteiger partial charge is 0.0997 e. The Hall–Kier alpha value is 0.860. The van der Waals surface area contributed by atoms with Gasteiger partial charge in [0.05, 0.1) is 0 Å². The Bertz CT molecular complexity index is 417. The van der Waals surface area contributed by atoms with E-state index in [4.69, 9.17) is 0 Å². The average molecular weight is 451 g/mol. The third kappa shape index (κ3) is 6.47. The minimum absolute atomic E-state index is 0.281. The molecule has 174 valence electrons. The van der Waals surface area contributed by atoms with Crippen LogP contribution in [0.1, 0.15) is 142 Å². The van der Waals surface area contributed by atoms with Gasteiger partial charge in [-0.25, -0.2) is 0 Å². The molecule has 0 aromatic carbocycles. The van der Waals surface area contributed by atoms with Gasteiger partial charge in [-0.1, -0.05) is 99.8 Å². The highest BCUT2D eigenvalue weighted by Gasteiger charge is 2.39. The summed E-state index contributed by atoms with van der Waals surface area (Å²) in [6, 6.07) is 0. The molecule has 0 aliphatic heterocycles. The molecule has 2 heteroatoms. The van der Waals surface area contributed by atoms with Crippen LogP contribution in [0.2, 0.25) is 0 Å². The zero-order valence-electron chi connectivity index (χ0n) is 20.3. The van der Waals surface area contributed by atoms with Gasteiger partial charge in [0.2, 0.25) is 0 Å². The van der Waals surface area contributed by atoms with Crippen LogP contribution in [0.5, 0.6) is 0 Å². The molecule has 0 N–H and O–H groups in total. The Morgan fingerprint density at radius 1 is 0.500 bits per heavy atom. The fourth-order valence-corrected chi connectivity index (χ4v) is 17.2. The molecule has 0 saturated heterocycles. The van der Waals surface area contributed by atoms with E-state index in [2.05, 4.69) is 6.92 Å². The van der Waals surface area contributed by atoms with Crippen LogP contribution in [-0.4, -0.2) is 34.5 Å². The van der Waals surface area contributed by atoms with Crippen molar-refractivity contribution in [1.82, 2.24) is 0 Å². The van der Waals surface area contributed by atoms with Crippen LogP contribution in [0, 0.1) is 0 Å². The second kappa shape index (κ2) is 12.9. The predicted octanol–water partition coefficient (Wildman–Crippen LogP) is 10.1. The molecule has 0 radical (unpaired) electrons. The molecule has 4 fully saturated rings. The topological polar surface area (TPSA) is 0 Å². The summed E-state index contributed by atoms with van der Waals surface area (Å²) in [7, 11) is 0.581. The van der Waals surface area contributed by atoms with Gasteiger partial charge >= 0.3 is 0 Å². The standard InChI is InChI=1S/C28H52P2/c1-2-24(30(27-19-11-5-12-20-27)28-21-13-6-14-22-28)23-29(25-15-7-3-8-16-25)26-17-9-4-10-18-26/h24-28H,2-23H2,1H3. The van der Waals surface area contributed by atoms with Crippen LogP contribution in [0.15, 0.2) is 0 Å². The summed E-state index contributed by atoms with van der Waals surface area (Å²) in [5, 5.41) is 0. The first-order chi connectivity index (χ1) is 14.9. The summed E-state index contributed by atoms with van der Waals surface area (Å²) < 4.78 is 0. The van der Waals surface area contributed by atoms with Gasteiger partial charge in [0.15, 0.2) is 0 Å². The third-order valence-corrected chi connectivity index (χ3v) is 17.6. The molecular weight excluding hydrogens is 398 g/mol. The predicted molar refractivity (Wildman–Crippen MR) is 140 cm³/mol. The Kier molecular flexibility index (Phi) is 10.3. The molecule has 0 amide bonds. The summed E-state index contributed by atoms with van der Waals surface area (Å²) in [4.78, 5) is 0. The molecular formula is C28H52P2. The first kappa shape index (κ1) is 24.0. The number of hydrogen-bond acceptors (Lipinski definition) is 0.